The molecule has 2 atom stereocenters. The van der Waals surface area contributed by atoms with Crippen molar-refractivity contribution in [2.75, 3.05) is 19.8 Å². The lowest BCUT2D eigenvalue weighted by molar-refractivity contribution is -0.149. The predicted octanol–water partition coefficient (Wildman–Crippen LogP) is 3.34. The molecule has 2 heterocycles. The number of hydrogen-bond donors (Lipinski definition) is 1. The molecule has 138 valence electrons. The van der Waals surface area contributed by atoms with Gasteiger partial charge in [-0.3, -0.25) is 4.90 Å². The van der Waals surface area contributed by atoms with Crippen LogP contribution in [0.2, 0.25) is 0 Å². The van der Waals surface area contributed by atoms with Crippen LogP contribution < -0.4 is 4.74 Å². The highest BCUT2D eigenvalue weighted by Crippen LogP contribution is 2.42. The van der Waals surface area contributed by atoms with Gasteiger partial charge < -0.3 is 14.6 Å². The molecule has 4 heteroatoms. The van der Waals surface area contributed by atoms with E-state index in [1.54, 1.807) is 0 Å². The molecule has 26 heavy (non-hydrogen) atoms. The minimum atomic E-state index is -0.820. The van der Waals surface area contributed by atoms with Crippen LogP contribution in [0.1, 0.15) is 30.9 Å². The lowest BCUT2D eigenvalue weighted by Crippen LogP contribution is -2.60. The van der Waals surface area contributed by atoms with Crippen molar-refractivity contribution in [3.8, 4) is 5.75 Å². The van der Waals surface area contributed by atoms with E-state index in [2.05, 4.69) is 29.2 Å². The number of benzene rings is 2. The van der Waals surface area contributed by atoms with Gasteiger partial charge in [0.15, 0.2) is 0 Å². The summed E-state index contributed by atoms with van der Waals surface area (Å²) in [5, 5.41) is 11.5. The van der Waals surface area contributed by atoms with Crippen molar-refractivity contribution in [2.24, 2.45) is 0 Å². The van der Waals surface area contributed by atoms with Gasteiger partial charge in [-0.15, -0.1) is 0 Å². The minimum Gasteiger partial charge on any atom is -0.494 e. The first kappa shape index (κ1) is 17.5. The van der Waals surface area contributed by atoms with Crippen molar-refractivity contribution >= 4 is 0 Å². The molecule has 2 aromatic rings. The summed E-state index contributed by atoms with van der Waals surface area (Å²) >= 11 is 0. The lowest BCUT2D eigenvalue weighted by Gasteiger charge is -2.52. The zero-order valence-electron chi connectivity index (χ0n) is 15.3. The van der Waals surface area contributed by atoms with Crippen LogP contribution in [0.15, 0.2) is 54.6 Å². The van der Waals surface area contributed by atoms with Crippen LogP contribution in [-0.2, 0) is 16.9 Å². The molecule has 0 radical (unpaired) electrons. The van der Waals surface area contributed by atoms with Gasteiger partial charge in [0.2, 0.25) is 0 Å². The zero-order chi connectivity index (χ0) is 18.0. The van der Waals surface area contributed by atoms with Gasteiger partial charge in [0, 0.05) is 18.6 Å². The Morgan fingerprint density at radius 1 is 1.08 bits per heavy atom. The fraction of sp³-hybridized carbons (Fsp3) is 0.455. The number of nitrogens with zero attached hydrogens (tertiary/aromatic N) is 1. The smallest absolute Gasteiger partial charge is 0.119 e. The third-order valence-corrected chi connectivity index (χ3v) is 5.60. The molecule has 2 unspecified atom stereocenters. The van der Waals surface area contributed by atoms with Crippen molar-refractivity contribution in [3.63, 3.8) is 0 Å². The Hall–Kier alpha value is -1.88. The van der Waals surface area contributed by atoms with Crippen LogP contribution in [0.25, 0.3) is 0 Å². The van der Waals surface area contributed by atoms with Gasteiger partial charge in [-0.05, 0) is 43.0 Å². The molecule has 2 saturated heterocycles. The third kappa shape index (κ3) is 3.50. The minimum absolute atomic E-state index is 0.225. The maximum atomic E-state index is 11.5. The Bertz CT molecular complexity index is 719. The summed E-state index contributed by atoms with van der Waals surface area (Å²) in [7, 11) is 0. The quantitative estimate of drug-likeness (QED) is 0.895. The van der Waals surface area contributed by atoms with E-state index in [0.717, 1.165) is 17.9 Å². The van der Waals surface area contributed by atoms with Gasteiger partial charge in [0.25, 0.3) is 0 Å². The Labute approximate surface area is 155 Å². The van der Waals surface area contributed by atoms with Gasteiger partial charge in [-0.2, -0.15) is 0 Å². The fourth-order valence-electron chi connectivity index (χ4n) is 4.38. The second-order valence-corrected chi connectivity index (χ2v) is 7.40. The van der Waals surface area contributed by atoms with Crippen LogP contribution in [0.5, 0.6) is 5.75 Å². The summed E-state index contributed by atoms with van der Waals surface area (Å²) in [5.74, 6) is 0.826. The molecule has 2 fully saturated rings. The molecule has 0 spiro atoms. The molecular weight excluding hydrogens is 326 g/mol. The van der Waals surface area contributed by atoms with E-state index in [9.17, 15) is 5.11 Å². The van der Waals surface area contributed by atoms with E-state index >= 15 is 0 Å². The standard InChI is InChI=1S/C22H27NO3/c1-2-26-21-10-6-9-18(11-21)22(24)12-19-15-25-16-20(13-22)23(19)14-17-7-4-3-5-8-17/h3-11,19-20,24H,2,12-16H2,1H3. The van der Waals surface area contributed by atoms with Gasteiger partial charge in [-0.1, -0.05) is 42.5 Å². The van der Waals surface area contributed by atoms with E-state index in [-0.39, 0.29) is 12.1 Å². The van der Waals surface area contributed by atoms with E-state index in [1.807, 2.05) is 37.3 Å². The first-order chi connectivity index (χ1) is 12.7. The summed E-state index contributed by atoms with van der Waals surface area (Å²) < 4.78 is 11.4. The second kappa shape index (κ2) is 7.39. The molecule has 0 saturated carbocycles. The van der Waals surface area contributed by atoms with Gasteiger partial charge in [0.1, 0.15) is 5.75 Å². The fourth-order valence-corrected chi connectivity index (χ4v) is 4.38. The van der Waals surface area contributed by atoms with Crippen LogP contribution in [0, 0.1) is 0 Å². The molecule has 2 aliphatic heterocycles. The molecule has 4 nitrogen and oxygen atoms in total. The molecule has 4 rings (SSSR count). The summed E-state index contributed by atoms with van der Waals surface area (Å²) in [4.78, 5) is 2.51. The Kier molecular flexibility index (Phi) is 4.98. The van der Waals surface area contributed by atoms with Gasteiger partial charge >= 0.3 is 0 Å². The summed E-state index contributed by atoms with van der Waals surface area (Å²) in [5.41, 5.74) is 1.45. The Morgan fingerprint density at radius 3 is 2.50 bits per heavy atom. The SMILES string of the molecule is CCOc1cccc(C2(O)CC3COCC(C2)N3Cc2ccccc2)c1. The highest BCUT2D eigenvalue weighted by molar-refractivity contribution is 5.33. The van der Waals surface area contributed by atoms with E-state index in [1.165, 1.54) is 5.56 Å². The van der Waals surface area contributed by atoms with Crippen LogP contribution in [0.3, 0.4) is 0 Å². The second-order valence-electron chi connectivity index (χ2n) is 7.40. The number of fused-ring (bicyclic) bond motifs is 2. The molecule has 0 aliphatic carbocycles. The number of rotatable bonds is 5. The van der Waals surface area contributed by atoms with E-state index in [0.29, 0.717) is 32.7 Å². The molecule has 2 aromatic carbocycles. The molecule has 0 amide bonds. The van der Waals surface area contributed by atoms with Gasteiger partial charge in [0.05, 0.1) is 25.4 Å². The number of piperidine rings is 1. The van der Waals surface area contributed by atoms with Crippen molar-refractivity contribution in [1.82, 2.24) is 4.90 Å². The van der Waals surface area contributed by atoms with Crippen molar-refractivity contribution in [1.29, 1.82) is 0 Å². The maximum Gasteiger partial charge on any atom is 0.119 e. The highest BCUT2D eigenvalue weighted by Gasteiger charge is 2.46. The average molecular weight is 353 g/mol. The Balaban J connectivity index is 1.56. The molecule has 1 N–H and O–H groups in total. The van der Waals surface area contributed by atoms with Crippen LogP contribution in [0.4, 0.5) is 0 Å². The first-order valence-corrected chi connectivity index (χ1v) is 9.51. The number of aliphatic hydroxyl groups is 1. The number of ether oxygens (including phenoxy) is 2. The summed E-state index contributed by atoms with van der Waals surface area (Å²) in [6, 6.07) is 18.9. The first-order valence-electron chi connectivity index (χ1n) is 9.51. The Morgan fingerprint density at radius 2 is 1.81 bits per heavy atom. The van der Waals surface area contributed by atoms with Crippen LogP contribution in [-0.4, -0.2) is 41.9 Å². The van der Waals surface area contributed by atoms with E-state index < -0.39 is 5.60 Å². The lowest BCUT2D eigenvalue weighted by atomic mass is 9.76. The van der Waals surface area contributed by atoms with Crippen LogP contribution >= 0.6 is 0 Å². The number of morpholine rings is 1. The zero-order valence-corrected chi connectivity index (χ0v) is 15.3. The average Bonchev–Trinajstić information content (AvgIpc) is 2.64. The molecule has 2 aliphatic rings. The summed E-state index contributed by atoms with van der Waals surface area (Å²) in [6.07, 6.45) is 1.37. The predicted molar refractivity (Wildman–Crippen MR) is 101 cm³/mol. The molecule has 2 bridgehead atoms. The maximum absolute atomic E-state index is 11.5. The monoisotopic (exact) mass is 353 g/mol. The molecular formula is C22H27NO3. The number of hydrogen-bond acceptors (Lipinski definition) is 4. The molecule has 0 aromatic heterocycles. The van der Waals surface area contributed by atoms with Crippen molar-refractivity contribution in [3.05, 3.63) is 65.7 Å². The largest absolute Gasteiger partial charge is 0.494 e. The van der Waals surface area contributed by atoms with Crippen molar-refractivity contribution < 1.29 is 14.6 Å². The van der Waals surface area contributed by atoms with Gasteiger partial charge in [-0.25, -0.2) is 0 Å². The van der Waals surface area contributed by atoms with Crippen molar-refractivity contribution in [2.45, 2.75) is 44.0 Å². The van der Waals surface area contributed by atoms with E-state index in [4.69, 9.17) is 9.47 Å². The normalized spacial score (nSPS) is 28.7. The highest BCUT2D eigenvalue weighted by atomic mass is 16.5. The summed E-state index contributed by atoms with van der Waals surface area (Å²) in [6.45, 7) is 4.87. The third-order valence-electron chi connectivity index (χ3n) is 5.60. The topological polar surface area (TPSA) is 41.9 Å².